The molecule has 0 saturated carbocycles. The molecule has 19 heavy (non-hydrogen) atoms. The Morgan fingerprint density at radius 1 is 1.47 bits per heavy atom. The summed E-state index contributed by atoms with van der Waals surface area (Å²) in [5.41, 5.74) is 7.27. The molecule has 0 aliphatic heterocycles. The Hall–Kier alpha value is -1.14. The fourth-order valence-electron chi connectivity index (χ4n) is 1.58. The monoisotopic (exact) mass is 343 g/mol. The summed E-state index contributed by atoms with van der Waals surface area (Å²) in [6.07, 6.45) is 0.404. The van der Waals surface area contributed by atoms with Crippen LogP contribution in [0, 0.1) is 0 Å². The lowest BCUT2D eigenvalue weighted by Crippen LogP contribution is -2.31. The average molecular weight is 344 g/mol. The van der Waals surface area contributed by atoms with E-state index in [-0.39, 0.29) is 11.9 Å². The first-order chi connectivity index (χ1) is 8.90. The number of amides is 1. The number of halogens is 1. The van der Waals surface area contributed by atoms with Crippen molar-refractivity contribution in [3.05, 3.63) is 28.2 Å². The lowest BCUT2D eigenvalue weighted by molar-refractivity contribution is -0.121. The third-order valence-corrected chi connectivity index (χ3v) is 3.08. The van der Waals surface area contributed by atoms with E-state index in [2.05, 4.69) is 26.6 Å². The standard InChI is InChI=1S/C13H18BrN3OS/c1-8(2)17-12(18)5-6-16-11-7-9(14)3-4-10(11)13(15)19/h3-4,7-8,16H,5-6H2,1-2H3,(H2,15,19)(H,17,18). The highest BCUT2D eigenvalue weighted by Gasteiger charge is 2.07. The first kappa shape index (κ1) is 15.9. The van der Waals surface area contributed by atoms with E-state index in [1.807, 2.05) is 32.0 Å². The fourth-order valence-corrected chi connectivity index (χ4v) is 2.12. The van der Waals surface area contributed by atoms with Crippen LogP contribution in [0.1, 0.15) is 25.8 Å². The Bertz CT molecular complexity index is 477. The van der Waals surface area contributed by atoms with E-state index in [1.165, 1.54) is 0 Å². The van der Waals surface area contributed by atoms with Gasteiger partial charge in [-0.15, -0.1) is 0 Å². The molecule has 0 heterocycles. The van der Waals surface area contributed by atoms with Crippen molar-refractivity contribution < 1.29 is 4.79 Å². The molecule has 0 unspecified atom stereocenters. The number of carbonyl (C=O) groups is 1. The van der Waals surface area contributed by atoms with Gasteiger partial charge in [0.15, 0.2) is 0 Å². The first-order valence-electron chi connectivity index (χ1n) is 6.02. The molecule has 1 amide bonds. The maximum atomic E-state index is 11.5. The van der Waals surface area contributed by atoms with E-state index in [0.717, 1.165) is 15.7 Å². The van der Waals surface area contributed by atoms with E-state index in [9.17, 15) is 4.79 Å². The highest BCUT2D eigenvalue weighted by molar-refractivity contribution is 9.10. The van der Waals surface area contributed by atoms with E-state index < -0.39 is 0 Å². The molecule has 4 N–H and O–H groups in total. The molecule has 6 heteroatoms. The second-order valence-corrected chi connectivity index (χ2v) is 5.81. The Balaban J connectivity index is 2.60. The zero-order valence-electron chi connectivity index (χ0n) is 11.0. The molecule has 0 atom stereocenters. The van der Waals surface area contributed by atoms with Crippen LogP contribution in [-0.4, -0.2) is 23.5 Å². The second kappa shape index (κ2) is 7.45. The summed E-state index contributed by atoms with van der Waals surface area (Å²) in [5.74, 6) is 0.0226. The molecular formula is C13H18BrN3OS. The van der Waals surface area contributed by atoms with Crippen LogP contribution in [0.3, 0.4) is 0 Å². The van der Waals surface area contributed by atoms with Gasteiger partial charge < -0.3 is 16.4 Å². The molecule has 0 bridgehead atoms. The SMILES string of the molecule is CC(C)NC(=O)CCNc1cc(Br)ccc1C(N)=S. The predicted molar refractivity (Wildman–Crippen MR) is 86.4 cm³/mol. The summed E-state index contributed by atoms with van der Waals surface area (Å²) < 4.78 is 0.932. The molecule has 0 aliphatic rings. The van der Waals surface area contributed by atoms with E-state index in [1.54, 1.807) is 0 Å². The summed E-state index contributed by atoms with van der Waals surface area (Å²) in [7, 11) is 0. The lowest BCUT2D eigenvalue weighted by Gasteiger charge is -2.12. The largest absolute Gasteiger partial charge is 0.389 e. The number of rotatable bonds is 6. The van der Waals surface area contributed by atoms with Gasteiger partial charge in [-0.1, -0.05) is 28.1 Å². The van der Waals surface area contributed by atoms with Crippen LogP contribution in [0.25, 0.3) is 0 Å². The van der Waals surface area contributed by atoms with Crippen LogP contribution in [0.2, 0.25) is 0 Å². The van der Waals surface area contributed by atoms with Gasteiger partial charge in [-0.25, -0.2) is 0 Å². The molecule has 0 spiro atoms. The molecule has 0 radical (unpaired) electrons. The van der Waals surface area contributed by atoms with E-state index in [0.29, 0.717) is 18.0 Å². The summed E-state index contributed by atoms with van der Waals surface area (Å²) in [5, 5.41) is 6.02. The summed E-state index contributed by atoms with van der Waals surface area (Å²) >= 11 is 8.39. The van der Waals surface area contributed by atoms with Gasteiger partial charge in [0, 0.05) is 34.7 Å². The normalized spacial score (nSPS) is 10.3. The number of carbonyl (C=O) groups excluding carboxylic acids is 1. The molecule has 1 aromatic carbocycles. The molecule has 4 nitrogen and oxygen atoms in total. The minimum absolute atomic E-state index is 0.0226. The number of nitrogens with one attached hydrogen (secondary N) is 2. The Morgan fingerprint density at radius 3 is 2.74 bits per heavy atom. The quantitative estimate of drug-likeness (QED) is 0.694. The smallest absolute Gasteiger partial charge is 0.221 e. The minimum atomic E-state index is 0.0226. The van der Waals surface area contributed by atoms with Crippen molar-refractivity contribution in [1.29, 1.82) is 0 Å². The number of hydrogen-bond donors (Lipinski definition) is 3. The lowest BCUT2D eigenvalue weighted by atomic mass is 10.1. The average Bonchev–Trinajstić information content (AvgIpc) is 2.27. The van der Waals surface area contributed by atoms with Gasteiger partial charge in [-0.3, -0.25) is 4.79 Å². The Kier molecular flexibility index (Phi) is 6.24. The number of nitrogens with two attached hydrogens (primary N) is 1. The first-order valence-corrected chi connectivity index (χ1v) is 7.23. The molecule has 1 aromatic rings. The van der Waals surface area contributed by atoms with Gasteiger partial charge in [-0.2, -0.15) is 0 Å². The van der Waals surface area contributed by atoms with Crippen LogP contribution in [0.5, 0.6) is 0 Å². The fraction of sp³-hybridized carbons (Fsp3) is 0.385. The van der Waals surface area contributed by atoms with Crippen LogP contribution in [0.15, 0.2) is 22.7 Å². The van der Waals surface area contributed by atoms with Crippen molar-refractivity contribution in [3.63, 3.8) is 0 Å². The second-order valence-electron chi connectivity index (χ2n) is 4.45. The van der Waals surface area contributed by atoms with Gasteiger partial charge in [0.2, 0.25) is 5.91 Å². The van der Waals surface area contributed by atoms with Gasteiger partial charge >= 0.3 is 0 Å². The van der Waals surface area contributed by atoms with E-state index >= 15 is 0 Å². The highest BCUT2D eigenvalue weighted by atomic mass is 79.9. The molecule has 0 aliphatic carbocycles. The maximum Gasteiger partial charge on any atom is 0.221 e. The van der Waals surface area contributed by atoms with Gasteiger partial charge in [0.25, 0.3) is 0 Å². The number of benzene rings is 1. The van der Waals surface area contributed by atoms with Crippen LogP contribution >= 0.6 is 28.1 Å². The number of hydrogen-bond acceptors (Lipinski definition) is 3. The van der Waals surface area contributed by atoms with Gasteiger partial charge in [0.05, 0.1) is 0 Å². The summed E-state index contributed by atoms with van der Waals surface area (Å²) in [4.78, 5) is 11.9. The molecule has 1 rings (SSSR count). The van der Waals surface area contributed by atoms with Crippen molar-refractivity contribution >= 4 is 44.7 Å². The topological polar surface area (TPSA) is 67.2 Å². The number of anilines is 1. The molecule has 0 saturated heterocycles. The highest BCUT2D eigenvalue weighted by Crippen LogP contribution is 2.21. The van der Waals surface area contributed by atoms with Crippen molar-refractivity contribution in [1.82, 2.24) is 5.32 Å². The third-order valence-electron chi connectivity index (χ3n) is 2.36. The zero-order valence-corrected chi connectivity index (χ0v) is 13.4. The van der Waals surface area contributed by atoms with Crippen LogP contribution in [0.4, 0.5) is 5.69 Å². The summed E-state index contributed by atoms with van der Waals surface area (Å²) in [6.45, 7) is 4.40. The minimum Gasteiger partial charge on any atom is -0.389 e. The zero-order chi connectivity index (χ0) is 14.4. The molecular weight excluding hydrogens is 326 g/mol. The van der Waals surface area contributed by atoms with E-state index in [4.69, 9.17) is 18.0 Å². The Labute approximate surface area is 127 Å². The molecule has 0 aromatic heterocycles. The molecule has 0 fully saturated rings. The predicted octanol–water partition coefficient (Wildman–Crippen LogP) is 2.41. The maximum absolute atomic E-state index is 11.5. The van der Waals surface area contributed by atoms with Crippen molar-refractivity contribution in [2.75, 3.05) is 11.9 Å². The van der Waals surface area contributed by atoms with Crippen LogP contribution in [-0.2, 0) is 4.79 Å². The third kappa shape index (κ3) is 5.57. The van der Waals surface area contributed by atoms with Crippen molar-refractivity contribution in [3.8, 4) is 0 Å². The molecule has 104 valence electrons. The number of thiocarbonyl (C=S) groups is 1. The van der Waals surface area contributed by atoms with Gasteiger partial charge in [0.1, 0.15) is 4.99 Å². The van der Waals surface area contributed by atoms with Crippen molar-refractivity contribution in [2.24, 2.45) is 5.73 Å². The summed E-state index contributed by atoms with van der Waals surface area (Å²) in [6, 6.07) is 5.79. The van der Waals surface area contributed by atoms with Crippen molar-refractivity contribution in [2.45, 2.75) is 26.3 Å². The van der Waals surface area contributed by atoms with Gasteiger partial charge in [-0.05, 0) is 32.0 Å². The van der Waals surface area contributed by atoms with Crippen LogP contribution < -0.4 is 16.4 Å². The Morgan fingerprint density at radius 2 is 2.16 bits per heavy atom.